The number of carbonyl (C=O) groups excluding carboxylic acids is 1. The lowest BCUT2D eigenvalue weighted by atomic mass is 9.79. The molecule has 2 atom stereocenters. The molecule has 0 amide bonds. The van der Waals surface area contributed by atoms with E-state index >= 15 is 4.39 Å². The Morgan fingerprint density at radius 3 is 2.51 bits per heavy atom. The van der Waals surface area contributed by atoms with Crippen molar-refractivity contribution in [1.82, 2.24) is 0 Å². The van der Waals surface area contributed by atoms with Gasteiger partial charge in [-0.05, 0) is 107 Å². The SMILES string of the molecule is COC(=O)[C@H](C)[C@@H]1CCc2ccc(OCc3ccc(-c4cc(OC)ccc4F)c(C4=CCCC4(C)C)c3)cc21. The Bertz CT molecular complexity index is 1420. The van der Waals surface area contributed by atoms with Gasteiger partial charge < -0.3 is 14.2 Å². The fourth-order valence-corrected chi connectivity index (χ4v) is 6.18. The molecule has 0 aromatic heterocycles. The second-order valence-electron chi connectivity index (χ2n) is 11.4. The molecule has 3 aromatic rings. The van der Waals surface area contributed by atoms with Gasteiger partial charge in [-0.2, -0.15) is 0 Å². The van der Waals surface area contributed by atoms with Crippen LogP contribution in [-0.4, -0.2) is 20.2 Å². The lowest BCUT2D eigenvalue weighted by Gasteiger charge is -2.25. The summed E-state index contributed by atoms with van der Waals surface area (Å²) in [5, 5.41) is 0. The van der Waals surface area contributed by atoms with Gasteiger partial charge in [0.15, 0.2) is 0 Å². The molecule has 0 radical (unpaired) electrons. The summed E-state index contributed by atoms with van der Waals surface area (Å²) in [5.41, 5.74) is 7.11. The average Bonchev–Trinajstić information content (AvgIpc) is 3.53. The number of hydrogen-bond donors (Lipinski definition) is 0. The van der Waals surface area contributed by atoms with E-state index in [4.69, 9.17) is 14.2 Å². The van der Waals surface area contributed by atoms with Gasteiger partial charge in [0, 0.05) is 5.56 Å². The minimum atomic E-state index is -0.272. The Balaban J connectivity index is 1.45. The van der Waals surface area contributed by atoms with Gasteiger partial charge in [-0.1, -0.05) is 45.0 Å². The molecule has 5 rings (SSSR count). The molecule has 0 N–H and O–H groups in total. The van der Waals surface area contributed by atoms with Crippen molar-refractivity contribution in [2.75, 3.05) is 14.2 Å². The monoisotopic (exact) mass is 528 g/mol. The molecular formula is C34H37FO4. The van der Waals surface area contributed by atoms with Crippen LogP contribution >= 0.6 is 0 Å². The molecule has 39 heavy (non-hydrogen) atoms. The smallest absolute Gasteiger partial charge is 0.308 e. The molecule has 0 bridgehead atoms. The van der Waals surface area contributed by atoms with Crippen LogP contribution in [0.5, 0.6) is 11.5 Å². The molecule has 0 saturated heterocycles. The molecule has 0 unspecified atom stereocenters. The summed E-state index contributed by atoms with van der Waals surface area (Å²) in [7, 11) is 3.04. The fraction of sp³-hybridized carbons (Fsp3) is 0.382. The first kappa shape index (κ1) is 27.0. The molecule has 204 valence electrons. The van der Waals surface area contributed by atoms with Crippen molar-refractivity contribution in [2.45, 2.75) is 59.0 Å². The predicted molar refractivity (Wildman–Crippen MR) is 152 cm³/mol. The molecule has 0 heterocycles. The van der Waals surface area contributed by atoms with E-state index in [-0.39, 0.29) is 29.0 Å². The van der Waals surface area contributed by atoms with Crippen LogP contribution in [-0.2, 0) is 22.6 Å². The Hall–Kier alpha value is -3.60. The summed E-state index contributed by atoms with van der Waals surface area (Å²) >= 11 is 0. The minimum absolute atomic E-state index is 0.00506. The number of methoxy groups -OCH3 is 2. The van der Waals surface area contributed by atoms with Crippen LogP contribution in [0.25, 0.3) is 16.7 Å². The maximum Gasteiger partial charge on any atom is 0.308 e. The van der Waals surface area contributed by atoms with E-state index in [1.54, 1.807) is 19.2 Å². The molecule has 0 aliphatic heterocycles. The lowest BCUT2D eigenvalue weighted by molar-refractivity contribution is -0.145. The van der Waals surface area contributed by atoms with Crippen LogP contribution in [0.1, 0.15) is 68.2 Å². The number of rotatable bonds is 8. The van der Waals surface area contributed by atoms with Gasteiger partial charge in [0.05, 0.1) is 20.1 Å². The predicted octanol–water partition coefficient (Wildman–Crippen LogP) is 8.12. The van der Waals surface area contributed by atoms with Crippen molar-refractivity contribution < 1.29 is 23.4 Å². The normalized spacial score (nSPS) is 18.3. The number of allylic oxidation sites excluding steroid dienone is 2. The van der Waals surface area contributed by atoms with Crippen molar-refractivity contribution in [2.24, 2.45) is 11.3 Å². The maximum absolute atomic E-state index is 15.1. The van der Waals surface area contributed by atoms with Gasteiger partial charge in [0.2, 0.25) is 0 Å². The van der Waals surface area contributed by atoms with E-state index < -0.39 is 0 Å². The van der Waals surface area contributed by atoms with Crippen LogP contribution in [0, 0.1) is 17.2 Å². The first-order valence-electron chi connectivity index (χ1n) is 13.7. The summed E-state index contributed by atoms with van der Waals surface area (Å²) in [5.74, 6) is 0.899. The highest BCUT2D eigenvalue weighted by molar-refractivity contribution is 5.85. The molecule has 0 spiro atoms. The molecule has 3 aromatic carbocycles. The molecule has 4 nitrogen and oxygen atoms in total. The molecule has 2 aliphatic rings. The van der Waals surface area contributed by atoms with Crippen LogP contribution in [0.3, 0.4) is 0 Å². The molecule has 0 saturated carbocycles. The second-order valence-corrected chi connectivity index (χ2v) is 11.4. The highest BCUT2D eigenvalue weighted by Crippen LogP contribution is 2.47. The number of halogens is 1. The number of aryl methyl sites for hydroxylation is 1. The van der Waals surface area contributed by atoms with Gasteiger partial charge in [-0.25, -0.2) is 4.39 Å². The van der Waals surface area contributed by atoms with E-state index in [1.807, 2.05) is 25.1 Å². The average molecular weight is 529 g/mol. The summed E-state index contributed by atoms with van der Waals surface area (Å²) in [6.07, 6.45) is 6.24. The first-order valence-corrected chi connectivity index (χ1v) is 13.7. The first-order chi connectivity index (χ1) is 18.7. The topological polar surface area (TPSA) is 44.8 Å². The highest BCUT2D eigenvalue weighted by Gasteiger charge is 2.33. The molecule has 5 heteroatoms. The number of fused-ring (bicyclic) bond motifs is 1. The van der Waals surface area contributed by atoms with Crippen LogP contribution in [0.2, 0.25) is 0 Å². The Morgan fingerprint density at radius 1 is 1.00 bits per heavy atom. The number of benzene rings is 3. The van der Waals surface area contributed by atoms with Gasteiger partial charge in [-0.15, -0.1) is 0 Å². The number of esters is 1. The van der Waals surface area contributed by atoms with E-state index in [0.717, 1.165) is 48.1 Å². The molecule has 0 fully saturated rings. The minimum Gasteiger partial charge on any atom is -0.497 e. The lowest BCUT2D eigenvalue weighted by Crippen LogP contribution is -2.19. The fourth-order valence-electron chi connectivity index (χ4n) is 6.18. The van der Waals surface area contributed by atoms with Crippen LogP contribution in [0.15, 0.2) is 60.7 Å². The zero-order valence-electron chi connectivity index (χ0n) is 23.5. The molecular weight excluding hydrogens is 491 g/mol. The van der Waals surface area contributed by atoms with Crippen molar-refractivity contribution >= 4 is 11.5 Å². The summed E-state index contributed by atoms with van der Waals surface area (Å²) < 4.78 is 31.7. The van der Waals surface area contributed by atoms with Crippen LogP contribution in [0.4, 0.5) is 4.39 Å². The zero-order chi connectivity index (χ0) is 27.7. The summed E-state index contributed by atoms with van der Waals surface area (Å²) in [6.45, 7) is 6.82. The third-order valence-electron chi connectivity index (χ3n) is 8.51. The van der Waals surface area contributed by atoms with Crippen molar-refractivity contribution in [3.63, 3.8) is 0 Å². The quantitative estimate of drug-likeness (QED) is 0.277. The van der Waals surface area contributed by atoms with E-state index in [2.05, 4.69) is 38.1 Å². The van der Waals surface area contributed by atoms with Crippen molar-refractivity contribution in [3.05, 3.63) is 88.7 Å². The Kier molecular flexibility index (Phi) is 7.53. The number of ether oxygens (including phenoxy) is 3. The highest BCUT2D eigenvalue weighted by atomic mass is 19.1. The third kappa shape index (κ3) is 5.32. The Labute approximate surface area is 230 Å². The van der Waals surface area contributed by atoms with Crippen LogP contribution < -0.4 is 9.47 Å². The number of carbonyl (C=O) groups is 1. The van der Waals surface area contributed by atoms with Crippen molar-refractivity contribution in [1.29, 1.82) is 0 Å². The largest absolute Gasteiger partial charge is 0.497 e. The van der Waals surface area contributed by atoms with E-state index in [9.17, 15) is 4.79 Å². The second kappa shape index (κ2) is 10.9. The Morgan fingerprint density at radius 2 is 1.79 bits per heavy atom. The standard InChI is InChI=1S/C34H37FO4/c1-21(33(36)38-5)26-14-10-23-9-11-25(19-28(23)26)39-20-22-8-13-27(30-18-24(37-4)12-15-32(30)35)29(17-22)31-7-6-16-34(31,2)3/h7-9,11-13,15,17-19,21,26H,6,10,14,16,20H2,1-5H3/t21-,26+/m1/s1. The number of hydrogen-bond acceptors (Lipinski definition) is 4. The van der Waals surface area contributed by atoms with E-state index in [1.165, 1.54) is 29.9 Å². The van der Waals surface area contributed by atoms with E-state index in [0.29, 0.717) is 17.9 Å². The van der Waals surface area contributed by atoms with Crippen molar-refractivity contribution in [3.8, 4) is 22.6 Å². The van der Waals surface area contributed by atoms with Gasteiger partial charge in [0.1, 0.15) is 23.9 Å². The zero-order valence-corrected chi connectivity index (χ0v) is 23.5. The summed E-state index contributed by atoms with van der Waals surface area (Å²) in [6, 6.07) is 17.2. The van der Waals surface area contributed by atoms with Gasteiger partial charge >= 0.3 is 5.97 Å². The maximum atomic E-state index is 15.1. The van der Waals surface area contributed by atoms with Gasteiger partial charge in [-0.3, -0.25) is 4.79 Å². The van der Waals surface area contributed by atoms with Gasteiger partial charge in [0.25, 0.3) is 0 Å². The summed E-state index contributed by atoms with van der Waals surface area (Å²) in [4.78, 5) is 12.2. The third-order valence-corrected chi connectivity index (χ3v) is 8.51. The molecule has 2 aliphatic carbocycles.